The second-order valence-electron chi connectivity index (χ2n) is 15.3. The molecular weight excluding hydrogens is 743 g/mol. The van der Waals surface area contributed by atoms with Crippen LogP contribution in [0.25, 0.3) is 86.6 Å². The van der Waals surface area contributed by atoms with Crippen LogP contribution >= 0.6 is 11.3 Å². The molecule has 0 aliphatic carbocycles. The van der Waals surface area contributed by atoms with E-state index >= 15 is 0 Å². The Labute approximate surface area is 354 Å². The number of anilines is 3. The van der Waals surface area contributed by atoms with Gasteiger partial charge in [-0.1, -0.05) is 176 Å². The highest BCUT2D eigenvalue weighted by Gasteiger charge is 2.16. The monoisotopic (exact) mass is 781 g/mol. The fourth-order valence-corrected chi connectivity index (χ4v) is 9.77. The Hall–Kier alpha value is -7.52. The molecule has 0 unspecified atom stereocenters. The Morgan fingerprint density at radius 1 is 0.250 bits per heavy atom. The van der Waals surface area contributed by atoms with Crippen LogP contribution in [0.3, 0.4) is 0 Å². The van der Waals surface area contributed by atoms with Gasteiger partial charge >= 0.3 is 0 Å². The minimum absolute atomic E-state index is 1.09. The predicted molar refractivity (Wildman–Crippen MR) is 259 cm³/mol. The SMILES string of the molecule is c1ccc(-c2ccccc2-c2cccc(N(c3ccc(-c4cccc(-c5ccc6ccccc6c5)c4)cc3)c3ccc(-c4ccc5c(c4)sc4ccccc45)cc3)c2)cc1. The number of fused-ring (bicyclic) bond motifs is 4. The maximum absolute atomic E-state index is 2.38. The molecule has 1 aromatic heterocycles. The second kappa shape index (κ2) is 15.3. The molecule has 1 nitrogen and oxygen atoms in total. The first kappa shape index (κ1) is 35.6. The molecule has 0 radical (unpaired) electrons. The van der Waals surface area contributed by atoms with Crippen LogP contribution in [0.5, 0.6) is 0 Å². The lowest BCUT2D eigenvalue weighted by atomic mass is 9.94. The van der Waals surface area contributed by atoms with Crippen molar-refractivity contribution in [2.24, 2.45) is 0 Å². The van der Waals surface area contributed by atoms with Gasteiger partial charge in [-0.2, -0.15) is 0 Å². The highest BCUT2D eigenvalue weighted by atomic mass is 32.1. The van der Waals surface area contributed by atoms with E-state index in [1.165, 1.54) is 86.6 Å². The summed E-state index contributed by atoms with van der Waals surface area (Å²) in [7, 11) is 0. The average Bonchev–Trinajstić information content (AvgIpc) is 3.70. The fraction of sp³-hybridized carbons (Fsp3) is 0. The Bertz CT molecular complexity index is 3310. The van der Waals surface area contributed by atoms with E-state index in [0.29, 0.717) is 0 Å². The highest BCUT2D eigenvalue weighted by molar-refractivity contribution is 7.25. The van der Waals surface area contributed by atoms with E-state index < -0.39 is 0 Å². The van der Waals surface area contributed by atoms with E-state index in [-0.39, 0.29) is 0 Å². The molecular formula is C58H39NS. The van der Waals surface area contributed by atoms with Crippen LogP contribution in [0.2, 0.25) is 0 Å². The molecule has 0 amide bonds. The molecule has 0 aliphatic rings. The van der Waals surface area contributed by atoms with Crippen molar-refractivity contribution in [3.05, 3.63) is 237 Å². The number of benzene rings is 10. The first-order valence-electron chi connectivity index (χ1n) is 20.5. The molecule has 60 heavy (non-hydrogen) atoms. The zero-order valence-electron chi connectivity index (χ0n) is 32.9. The summed E-state index contributed by atoms with van der Waals surface area (Å²) in [5, 5.41) is 5.15. The molecule has 0 fully saturated rings. The van der Waals surface area contributed by atoms with Gasteiger partial charge in [0.2, 0.25) is 0 Å². The van der Waals surface area contributed by atoms with Crippen LogP contribution in [0.1, 0.15) is 0 Å². The van der Waals surface area contributed by atoms with Crippen molar-refractivity contribution in [2.75, 3.05) is 4.90 Å². The molecule has 0 bridgehead atoms. The summed E-state index contributed by atoms with van der Waals surface area (Å²) in [6.45, 7) is 0. The standard InChI is InChI=1S/C58H39NS/c1-2-13-43(14-3-1)53-20-6-7-21-54(53)49-18-11-19-52(38-49)59(51-33-28-42(29-34-51)48-30-35-56-55-22-8-9-23-57(55)60-58(56)39-48)50-31-26-41(27-32-50)45-16-10-17-46(36-45)47-25-24-40-12-4-5-15-44(40)37-47/h1-39H. The van der Waals surface area contributed by atoms with Gasteiger partial charge in [-0.25, -0.2) is 0 Å². The lowest BCUT2D eigenvalue weighted by Crippen LogP contribution is -2.10. The topological polar surface area (TPSA) is 3.24 Å². The van der Waals surface area contributed by atoms with Gasteiger partial charge < -0.3 is 4.90 Å². The number of rotatable bonds is 8. The van der Waals surface area contributed by atoms with E-state index in [2.05, 4.69) is 241 Å². The molecule has 282 valence electrons. The summed E-state index contributed by atoms with van der Waals surface area (Å²) in [6, 6.07) is 86.1. The molecule has 0 saturated heterocycles. The summed E-state index contributed by atoms with van der Waals surface area (Å²) in [5.41, 5.74) is 15.3. The fourth-order valence-electron chi connectivity index (χ4n) is 8.62. The van der Waals surface area contributed by atoms with Gasteiger partial charge in [0.05, 0.1) is 0 Å². The van der Waals surface area contributed by atoms with Gasteiger partial charge in [0.1, 0.15) is 0 Å². The van der Waals surface area contributed by atoms with E-state index in [9.17, 15) is 0 Å². The molecule has 2 heteroatoms. The third-order valence-electron chi connectivity index (χ3n) is 11.7. The van der Waals surface area contributed by atoms with Crippen molar-refractivity contribution >= 4 is 59.3 Å². The quantitative estimate of drug-likeness (QED) is 0.148. The van der Waals surface area contributed by atoms with Gasteiger partial charge in [0.15, 0.2) is 0 Å². The van der Waals surface area contributed by atoms with E-state index in [1.807, 2.05) is 11.3 Å². The highest BCUT2D eigenvalue weighted by Crippen LogP contribution is 2.41. The minimum Gasteiger partial charge on any atom is -0.310 e. The first-order valence-corrected chi connectivity index (χ1v) is 21.3. The van der Waals surface area contributed by atoms with Crippen molar-refractivity contribution in [1.82, 2.24) is 0 Å². The van der Waals surface area contributed by atoms with E-state index in [4.69, 9.17) is 0 Å². The molecule has 0 spiro atoms. The molecule has 0 N–H and O–H groups in total. The predicted octanol–water partition coefficient (Wildman–Crippen LogP) is 17.0. The molecule has 11 rings (SSSR count). The molecule has 0 atom stereocenters. The van der Waals surface area contributed by atoms with Crippen LogP contribution in [-0.4, -0.2) is 0 Å². The Kier molecular flexibility index (Phi) is 9.11. The third kappa shape index (κ3) is 6.73. The van der Waals surface area contributed by atoms with Crippen molar-refractivity contribution in [2.45, 2.75) is 0 Å². The normalized spacial score (nSPS) is 11.3. The lowest BCUT2D eigenvalue weighted by Gasteiger charge is -2.26. The Balaban J connectivity index is 0.975. The van der Waals surface area contributed by atoms with Gasteiger partial charge in [-0.05, 0) is 127 Å². The van der Waals surface area contributed by atoms with Crippen molar-refractivity contribution in [3.8, 4) is 55.6 Å². The van der Waals surface area contributed by atoms with Crippen molar-refractivity contribution in [1.29, 1.82) is 0 Å². The number of thiophene rings is 1. The first-order chi connectivity index (χ1) is 29.7. The minimum atomic E-state index is 1.09. The summed E-state index contributed by atoms with van der Waals surface area (Å²) >= 11 is 1.86. The van der Waals surface area contributed by atoms with Crippen molar-refractivity contribution < 1.29 is 0 Å². The summed E-state index contributed by atoms with van der Waals surface area (Å²) in [5.74, 6) is 0. The van der Waals surface area contributed by atoms with Gasteiger partial charge in [-0.15, -0.1) is 11.3 Å². The van der Waals surface area contributed by atoms with Crippen LogP contribution in [0, 0.1) is 0 Å². The molecule has 0 aliphatic heterocycles. The largest absolute Gasteiger partial charge is 0.310 e. The van der Waals surface area contributed by atoms with Gasteiger partial charge in [-0.3, -0.25) is 0 Å². The molecule has 0 saturated carbocycles. The summed E-state index contributed by atoms with van der Waals surface area (Å²) < 4.78 is 2.64. The van der Waals surface area contributed by atoms with Crippen molar-refractivity contribution in [3.63, 3.8) is 0 Å². The Morgan fingerprint density at radius 2 is 0.767 bits per heavy atom. The van der Waals surface area contributed by atoms with Crippen LogP contribution < -0.4 is 4.90 Å². The number of hydrogen-bond donors (Lipinski definition) is 0. The van der Waals surface area contributed by atoms with Crippen LogP contribution in [-0.2, 0) is 0 Å². The van der Waals surface area contributed by atoms with Crippen LogP contribution in [0.4, 0.5) is 17.1 Å². The third-order valence-corrected chi connectivity index (χ3v) is 12.8. The second-order valence-corrected chi connectivity index (χ2v) is 16.4. The Morgan fingerprint density at radius 3 is 1.53 bits per heavy atom. The zero-order chi connectivity index (χ0) is 39.8. The molecule has 1 heterocycles. The lowest BCUT2D eigenvalue weighted by molar-refractivity contribution is 1.28. The average molecular weight is 782 g/mol. The number of nitrogens with zero attached hydrogens (tertiary/aromatic N) is 1. The maximum Gasteiger partial charge on any atom is 0.0467 e. The number of hydrogen-bond acceptors (Lipinski definition) is 2. The molecule has 11 aromatic rings. The van der Waals surface area contributed by atoms with Crippen LogP contribution in [0.15, 0.2) is 237 Å². The maximum atomic E-state index is 2.38. The summed E-state index contributed by atoms with van der Waals surface area (Å²) in [4.78, 5) is 2.38. The summed E-state index contributed by atoms with van der Waals surface area (Å²) in [6.07, 6.45) is 0. The van der Waals surface area contributed by atoms with E-state index in [0.717, 1.165) is 17.1 Å². The van der Waals surface area contributed by atoms with E-state index in [1.54, 1.807) is 0 Å². The smallest absolute Gasteiger partial charge is 0.0467 e. The zero-order valence-corrected chi connectivity index (χ0v) is 33.7. The van der Waals surface area contributed by atoms with Gasteiger partial charge in [0, 0.05) is 37.2 Å². The molecule has 10 aromatic carbocycles. The van der Waals surface area contributed by atoms with Gasteiger partial charge in [0.25, 0.3) is 0 Å².